The molecule has 94 valence electrons. The Labute approximate surface area is 98.7 Å². The zero-order valence-corrected chi connectivity index (χ0v) is 9.46. The Morgan fingerprint density at radius 3 is 2.59 bits per heavy atom. The lowest BCUT2D eigenvalue weighted by Crippen LogP contribution is -2.03. The lowest BCUT2D eigenvalue weighted by atomic mass is 10.1. The van der Waals surface area contributed by atoms with E-state index in [2.05, 4.69) is 0 Å². The molecular weight excluding hydrogens is 229 g/mol. The van der Waals surface area contributed by atoms with Crippen LogP contribution in [0.5, 0.6) is 0 Å². The van der Waals surface area contributed by atoms with Crippen LogP contribution in [-0.2, 0) is 4.79 Å². The van der Waals surface area contributed by atoms with Crippen LogP contribution in [0.15, 0.2) is 36.0 Å². The number of unbranched alkanes of at least 4 members (excludes halogenated alkanes) is 2. The fourth-order valence-electron chi connectivity index (χ4n) is 1.53. The summed E-state index contributed by atoms with van der Waals surface area (Å²) in [4.78, 5) is 11.2. The summed E-state index contributed by atoms with van der Waals surface area (Å²) in [6.07, 6.45) is 5.76. The van der Waals surface area contributed by atoms with Crippen molar-refractivity contribution >= 4 is 5.78 Å². The maximum Gasteiger partial charge on any atom is 0.392 e. The number of rotatable bonds is 5. The van der Waals surface area contributed by atoms with Crippen molar-refractivity contribution in [2.75, 3.05) is 0 Å². The molecule has 0 amide bonds. The maximum absolute atomic E-state index is 11.8. The van der Waals surface area contributed by atoms with Gasteiger partial charge in [0.25, 0.3) is 0 Å². The number of hydrogen-bond acceptors (Lipinski definition) is 1. The highest BCUT2D eigenvalue weighted by Crippen LogP contribution is 2.20. The van der Waals surface area contributed by atoms with Crippen LogP contribution in [0.4, 0.5) is 13.2 Å². The first-order valence-electron chi connectivity index (χ1n) is 5.61. The van der Waals surface area contributed by atoms with Crippen molar-refractivity contribution in [1.82, 2.24) is 0 Å². The van der Waals surface area contributed by atoms with E-state index in [1.807, 2.05) is 12.2 Å². The Morgan fingerprint density at radius 2 is 2.00 bits per heavy atom. The first-order valence-corrected chi connectivity index (χ1v) is 5.61. The summed E-state index contributed by atoms with van der Waals surface area (Å²) in [5, 5.41) is 0. The summed E-state index contributed by atoms with van der Waals surface area (Å²) in [6.45, 7) is 0. The number of carbonyl (C=O) groups is 1. The molecule has 17 heavy (non-hydrogen) atoms. The monoisotopic (exact) mass is 244 g/mol. The van der Waals surface area contributed by atoms with Gasteiger partial charge in [-0.2, -0.15) is 13.2 Å². The number of carbonyl (C=O) groups excluding carboxylic acids is 1. The van der Waals surface area contributed by atoms with Crippen LogP contribution >= 0.6 is 0 Å². The average Bonchev–Trinajstić information content (AvgIpc) is 2.61. The highest BCUT2D eigenvalue weighted by molar-refractivity contribution is 6.06. The minimum atomic E-state index is -4.11. The normalized spacial score (nSPS) is 18.8. The van der Waals surface area contributed by atoms with E-state index in [0.29, 0.717) is 12.8 Å². The molecule has 0 unspecified atom stereocenters. The molecule has 0 fully saturated rings. The van der Waals surface area contributed by atoms with Crippen molar-refractivity contribution < 1.29 is 18.0 Å². The summed E-state index contributed by atoms with van der Waals surface area (Å²) in [6, 6.07) is 0. The number of allylic oxidation sites excluding steroid dienone is 6. The van der Waals surface area contributed by atoms with Crippen molar-refractivity contribution in [3.8, 4) is 0 Å². The van der Waals surface area contributed by atoms with Gasteiger partial charge in [0.05, 0.1) is 6.42 Å². The van der Waals surface area contributed by atoms with Gasteiger partial charge in [-0.15, -0.1) is 0 Å². The summed E-state index contributed by atoms with van der Waals surface area (Å²) >= 11 is 0. The van der Waals surface area contributed by atoms with Crippen LogP contribution in [0.2, 0.25) is 0 Å². The molecule has 0 atom stereocenters. The Balaban J connectivity index is 2.11. The molecule has 4 heteroatoms. The lowest BCUT2D eigenvalue weighted by Gasteiger charge is -2.00. The van der Waals surface area contributed by atoms with Crippen LogP contribution in [0, 0.1) is 0 Å². The molecule has 0 aromatic carbocycles. The van der Waals surface area contributed by atoms with E-state index in [1.54, 1.807) is 12.2 Å². The predicted molar refractivity (Wildman–Crippen MR) is 60.5 cm³/mol. The first-order chi connectivity index (χ1) is 7.99. The van der Waals surface area contributed by atoms with Crippen LogP contribution in [0.3, 0.4) is 0 Å². The summed E-state index contributed by atoms with van der Waals surface area (Å²) in [7, 11) is 0. The van der Waals surface area contributed by atoms with Crippen molar-refractivity contribution in [2.24, 2.45) is 0 Å². The summed E-state index contributed by atoms with van der Waals surface area (Å²) in [5.74, 6) is 0.0533. The molecule has 0 spiro atoms. The number of alkyl halides is 3. The Morgan fingerprint density at radius 1 is 1.24 bits per heavy atom. The van der Waals surface area contributed by atoms with E-state index >= 15 is 0 Å². The molecule has 0 saturated heterocycles. The quantitative estimate of drug-likeness (QED) is 0.404. The molecule has 1 aliphatic rings. The molecular formula is C13H15F3O. The van der Waals surface area contributed by atoms with E-state index in [0.717, 1.165) is 24.5 Å². The van der Waals surface area contributed by atoms with Gasteiger partial charge in [0.2, 0.25) is 0 Å². The molecule has 0 aromatic rings. The van der Waals surface area contributed by atoms with Gasteiger partial charge in [-0.1, -0.05) is 24.3 Å². The Hall–Kier alpha value is -1.32. The number of hydrogen-bond donors (Lipinski definition) is 0. The third kappa shape index (κ3) is 6.09. The highest BCUT2D eigenvalue weighted by Gasteiger charge is 2.24. The van der Waals surface area contributed by atoms with E-state index in [1.165, 1.54) is 0 Å². The maximum atomic E-state index is 11.8. The Bertz CT molecular complexity index is 348. The third-order valence-electron chi connectivity index (χ3n) is 2.41. The second kappa shape index (κ2) is 6.42. The standard InChI is InChI=1S/C13H15F3O/c14-13(15,16)10-5-3-1-2-4-7-11-8-6-9-12(11)17/h3,5-7,9H,1-2,4,8,10H2/b5-3-,11-7+. The van der Waals surface area contributed by atoms with E-state index < -0.39 is 12.6 Å². The van der Waals surface area contributed by atoms with Crippen LogP contribution in [0.1, 0.15) is 32.1 Å². The van der Waals surface area contributed by atoms with Crippen molar-refractivity contribution in [3.63, 3.8) is 0 Å². The van der Waals surface area contributed by atoms with E-state index in [-0.39, 0.29) is 5.78 Å². The molecule has 0 N–H and O–H groups in total. The zero-order chi connectivity index (χ0) is 12.7. The topological polar surface area (TPSA) is 17.1 Å². The van der Waals surface area contributed by atoms with Gasteiger partial charge in [0.15, 0.2) is 5.78 Å². The molecule has 0 aliphatic heterocycles. The SMILES string of the molecule is O=C1C=CC/C1=C\CCC/C=C\CC(F)(F)F. The van der Waals surface area contributed by atoms with Gasteiger partial charge < -0.3 is 0 Å². The summed E-state index contributed by atoms with van der Waals surface area (Å²) in [5.41, 5.74) is 0.796. The molecule has 0 aromatic heterocycles. The van der Waals surface area contributed by atoms with Gasteiger partial charge in [0, 0.05) is 0 Å². The number of ketones is 1. The van der Waals surface area contributed by atoms with E-state index in [4.69, 9.17) is 0 Å². The zero-order valence-electron chi connectivity index (χ0n) is 9.46. The molecule has 0 saturated carbocycles. The van der Waals surface area contributed by atoms with Gasteiger partial charge in [0.1, 0.15) is 0 Å². The average molecular weight is 244 g/mol. The fourth-order valence-corrected chi connectivity index (χ4v) is 1.53. The van der Waals surface area contributed by atoms with Crippen molar-refractivity contribution in [2.45, 2.75) is 38.3 Å². The largest absolute Gasteiger partial charge is 0.392 e. The minimum absolute atomic E-state index is 0.0533. The van der Waals surface area contributed by atoms with Gasteiger partial charge in [-0.05, 0) is 37.3 Å². The number of halogens is 3. The van der Waals surface area contributed by atoms with Gasteiger partial charge >= 0.3 is 6.18 Å². The summed E-state index contributed by atoms with van der Waals surface area (Å²) < 4.78 is 35.3. The van der Waals surface area contributed by atoms with Gasteiger partial charge in [-0.3, -0.25) is 4.79 Å². The molecule has 1 nitrogen and oxygen atoms in total. The predicted octanol–water partition coefficient (Wildman–Crippen LogP) is 4.12. The van der Waals surface area contributed by atoms with Crippen molar-refractivity contribution in [1.29, 1.82) is 0 Å². The second-order valence-electron chi connectivity index (χ2n) is 3.92. The van der Waals surface area contributed by atoms with Crippen LogP contribution in [0.25, 0.3) is 0 Å². The van der Waals surface area contributed by atoms with Crippen molar-refractivity contribution in [3.05, 3.63) is 36.0 Å². The third-order valence-corrected chi connectivity index (χ3v) is 2.41. The molecule has 1 aliphatic carbocycles. The molecule has 0 heterocycles. The van der Waals surface area contributed by atoms with Crippen LogP contribution in [-0.4, -0.2) is 12.0 Å². The molecule has 1 rings (SSSR count). The minimum Gasteiger partial charge on any atom is -0.290 e. The van der Waals surface area contributed by atoms with Gasteiger partial charge in [-0.25, -0.2) is 0 Å². The molecule has 0 bridgehead atoms. The first kappa shape index (κ1) is 13.7. The Kier molecular flexibility index (Phi) is 5.19. The lowest BCUT2D eigenvalue weighted by molar-refractivity contribution is -0.125. The van der Waals surface area contributed by atoms with E-state index in [9.17, 15) is 18.0 Å². The fraction of sp³-hybridized carbons (Fsp3) is 0.462. The molecule has 0 radical (unpaired) electrons. The smallest absolute Gasteiger partial charge is 0.290 e. The van der Waals surface area contributed by atoms with Crippen LogP contribution < -0.4 is 0 Å². The highest BCUT2D eigenvalue weighted by atomic mass is 19.4. The second-order valence-corrected chi connectivity index (χ2v) is 3.92.